The van der Waals surface area contributed by atoms with E-state index in [0.29, 0.717) is 0 Å². The molecule has 0 radical (unpaired) electrons. The van der Waals surface area contributed by atoms with E-state index in [2.05, 4.69) is 89.9 Å². The van der Waals surface area contributed by atoms with E-state index in [9.17, 15) is 0 Å². The molecule has 0 atom stereocenters. The van der Waals surface area contributed by atoms with Gasteiger partial charge in [-0.3, -0.25) is 10.1 Å². The van der Waals surface area contributed by atoms with Gasteiger partial charge in [-0.05, 0) is 89.3 Å². The molecule has 0 aliphatic rings. The van der Waals surface area contributed by atoms with E-state index in [1.165, 1.54) is 15.3 Å². The van der Waals surface area contributed by atoms with E-state index in [-0.39, 0.29) is 0 Å². The lowest BCUT2D eigenvalue weighted by Crippen LogP contribution is -2.13. The zero-order chi connectivity index (χ0) is 25.9. The third kappa shape index (κ3) is 5.33. The molecule has 0 fully saturated rings. The lowest BCUT2D eigenvalue weighted by atomic mass is 10.0. The minimum absolute atomic E-state index is 0.807. The number of nitrogens with one attached hydrogen (secondary N) is 2. The van der Waals surface area contributed by atoms with Crippen molar-refractivity contribution in [2.24, 2.45) is 0 Å². The fourth-order valence-electron chi connectivity index (χ4n) is 4.58. The van der Waals surface area contributed by atoms with Crippen molar-refractivity contribution in [3.05, 3.63) is 94.1 Å². The number of nitrogens with zero attached hydrogens (tertiary/aromatic N) is 4. The Hall–Kier alpha value is -3.81. The molecule has 6 nitrogen and oxygen atoms in total. The summed E-state index contributed by atoms with van der Waals surface area (Å²) in [6.07, 6.45) is 9.84. The Balaban J connectivity index is 1.50. The lowest BCUT2D eigenvalue weighted by molar-refractivity contribution is 0.400. The van der Waals surface area contributed by atoms with Crippen LogP contribution >= 0.6 is 11.3 Å². The fourth-order valence-corrected chi connectivity index (χ4v) is 5.49. The number of aryl methyl sites for hydroxylation is 3. The molecule has 5 aromatic rings. The minimum Gasteiger partial charge on any atom is -0.357 e. The fraction of sp³-hybridized carbons (Fsp3) is 0.233. The second kappa shape index (κ2) is 10.7. The molecule has 0 aliphatic heterocycles. The molecule has 0 aromatic carbocycles. The maximum absolute atomic E-state index is 5.02. The van der Waals surface area contributed by atoms with E-state index in [4.69, 9.17) is 4.98 Å². The first-order chi connectivity index (χ1) is 17.9. The first-order valence-electron chi connectivity index (χ1n) is 12.5. The summed E-state index contributed by atoms with van der Waals surface area (Å²) in [6, 6.07) is 12.8. The van der Waals surface area contributed by atoms with Crippen LogP contribution in [0.4, 0.5) is 0 Å². The average molecular weight is 509 g/mol. The summed E-state index contributed by atoms with van der Waals surface area (Å²) in [5, 5.41) is 7.79. The molecule has 0 bridgehead atoms. The summed E-state index contributed by atoms with van der Waals surface area (Å²) in [7, 11) is 4.20. The van der Waals surface area contributed by atoms with Gasteiger partial charge in [-0.15, -0.1) is 11.3 Å². The van der Waals surface area contributed by atoms with Gasteiger partial charge in [-0.2, -0.15) is 5.10 Å². The van der Waals surface area contributed by atoms with Crippen LogP contribution in [0.15, 0.2) is 67.5 Å². The van der Waals surface area contributed by atoms with Gasteiger partial charge in [0.05, 0.1) is 16.9 Å². The van der Waals surface area contributed by atoms with E-state index in [0.717, 1.165) is 69.9 Å². The molecule has 0 spiro atoms. The van der Waals surface area contributed by atoms with Crippen LogP contribution in [0, 0.1) is 13.8 Å². The second-order valence-electron chi connectivity index (χ2n) is 9.60. The predicted octanol–water partition coefficient (Wildman–Crippen LogP) is 6.81. The number of aromatic amines is 2. The SMILES string of the molecule is C=C/C=C(/c1ccc(C)s1)c1cc(-c2n[nH]c3ccc(-c4cncc(CCCN(C)C)c4)nc23)[nH]c1C. The van der Waals surface area contributed by atoms with Crippen LogP contribution in [-0.4, -0.2) is 50.7 Å². The van der Waals surface area contributed by atoms with Crippen LogP contribution in [0.1, 0.15) is 33.0 Å². The van der Waals surface area contributed by atoms with Gasteiger partial charge in [0.1, 0.15) is 11.2 Å². The highest BCUT2D eigenvalue weighted by molar-refractivity contribution is 7.13. The molecule has 5 heterocycles. The number of aromatic nitrogens is 5. The predicted molar refractivity (Wildman–Crippen MR) is 155 cm³/mol. The van der Waals surface area contributed by atoms with Crippen molar-refractivity contribution in [1.29, 1.82) is 0 Å². The number of fused-ring (bicyclic) bond motifs is 1. The van der Waals surface area contributed by atoms with Crippen molar-refractivity contribution in [3.63, 3.8) is 0 Å². The van der Waals surface area contributed by atoms with Crippen molar-refractivity contribution in [1.82, 2.24) is 30.0 Å². The van der Waals surface area contributed by atoms with Crippen LogP contribution in [0.3, 0.4) is 0 Å². The molecule has 5 rings (SSSR count). The Bertz CT molecular complexity index is 1580. The van der Waals surface area contributed by atoms with Gasteiger partial charge in [-0.25, -0.2) is 4.98 Å². The van der Waals surface area contributed by atoms with Crippen LogP contribution in [0.2, 0.25) is 0 Å². The van der Waals surface area contributed by atoms with E-state index in [1.807, 2.05) is 30.6 Å². The molecule has 0 aliphatic carbocycles. The molecule has 5 aromatic heterocycles. The summed E-state index contributed by atoms with van der Waals surface area (Å²) >= 11 is 1.78. The first-order valence-corrected chi connectivity index (χ1v) is 13.3. The summed E-state index contributed by atoms with van der Waals surface area (Å²) < 4.78 is 0. The highest BCUT2D eigenvalue weighted by Crippen LogP contribution is 2.35. The standard InChI is InChI=1S/C30H32N6S/c1-6-8-23(28-13-10-19(2)37-28)24-16-27(32-20(24)3)30-29-26(34-35-30)12-11-25(33-29)22-15-21(17-31-18-22)9-7-14-36(4)5/h6,8,10-13,15-18,32H,1,7,9,14H2,2-5H3,(H,34,35)/b23-8+. The Kier molecular flexibility index (Phi) is 7.17. The maximum Gasteiger partial charge on any atom is 0.135 e. The third-order valence-electron chi connectivity index (χ3n) is 6.42. The van der Waals surface area contributed by atoms with E-state index < -0.39 is 0 Å². The number of hydrogen-bond acceptors (Lipinski definition) is 5. The van der Waals surface area contributed by atoms with Gasteiger partial charge in [-0.1, -0.05) is 18.7 Å². The topological polar surface area (TPSA) is 73.5 Å². The Morgan fingerprint density at radius 3 is 2.73 bits per heavy atom. The highest BCUT2D eigenvalue weighted by atomic mass is 32.1. The molecule has 188 valence electrons. The molecule has 0 unspecified atom stereocenters. The van der Waals surface area contributed by atoms with Crippen molar-refractivity contribution < 1.29 is 0 Å². The van der Waals surface area contributed by atoms with Gasteiger partial charge < -0.3 is 9.88 Å². The number of thiophene rings is 1. The zero-order valence-electron chi connectivity index (χ0n) is 21.8. The molecule has 0 saturated carbocycles. The first kappa shape index (κ1) is 24.9. The van der Waals surface area contributed by atoms with Crippen LogP contribution in [-0.2, 0) is 6.42 Å². The smallest absolute Gasteiger partial charge is 0.135 e. The number of hydrogen-bond donors (Lipinski definition) is 2. The Labute approximate surface area is 221 Å². The lowest BCUT2D eigenvalue weighted by Gasteiger charge is -2.09. The number of pyridine rings is 2. The average Bonchev–Trinajstić information content (AvgIpc) is 3.60. The summed E-state index contributed by atoms with van der Waals surface area (Å²) in [5.41, 5.74) is 9.98. The summed E-state index contributed by atoms with van der Waals surface area (Å²) in [4.78, 5) is 17.8. The Morgan fingerprint density at radius 1 is 1.11 bits per heavy atom. The summed E-state index contributed by atoms with van der Waals surface area (Å²) in [6.45, 7) is 9.22. The van der Waals surface area contributed by atoms with Gasteiger partial charge >= 0.3 is 0 Å². The maximum atomic E-state index is 5.02. The number of rotatable bonds is 9. The number of allylic oxidation sites excluding steroid dienone is 2. The monoisotopic (exact) mass is 508 g/mol. The molecular weight excluding hydrogens is 476 g/mol. The quantitative estimate of drug-likeness (QED) is 0.215. The van der Waals surface area contributed by atoms with Crippen LogP contribution in [0.5, 0.6) is 0 Å². The molecule has 7 heteroatoms. The van der Waals surface area contributed by atoms with E-state index in [1.54, 1.807) is 11.3 Å². The van der Waals surface area contributed by atoms with Crippen molar-refractivity contribution in [3.8, 4) is 22.6 Å². The second-order valence-corrected chi connectivity index (χ2v) is 10.9. The van der Waals surface area contributed by atoms with Gasteiger partial charge in [0.25, 0.3) is 0 Å². The van der Waals surface area contributed by atoms with Crippen molar-refractivity contribution in [2.75, 3.05) is 20.6 Å². The van der Waals surface area contributed by atoms with Gasteiger partial charge in [0.2, 0.25) is 0 Å². The van der Waals surface area contributed by atoms with Gasteiger partial charge in [0.15, 0.2) is 0 Å². The summed E-state index contributed by atoms with van der Waals surface area (Å²) in [5.74, 6) is 0. The molecular formula is C30H32N6S. The largest absolute Gasteiger partial charge is 0.357 e. The Morgan fingerprint density at radius 2 is 1.97 bits per heavy atom. The molecule has 0 amide bonds. The van der Waals surface area contributed by atoms with Gasteiger partial charge in [0, 0.05) is 44.5 Å². The highest BCUT2D eigenvalue weighted by Gasteiger charge is 2.18. The van der Waals surface area contributed by atoms with Crippen molar-refractivity contribution >= 4 is 27.9 Å². The normalized spacial score (nSPS) is 12.1. The van der Waals surface area contributed by atoms with Crippen molar-refractivity contribution in [2.45, 2.75) is 26.7 Å². The van der Waals surface area contributed by atoms with Crippen LogP contribution < -0.4 is 0 Å². The van der Waals surface area contributed by atoms with Crippen LogP contribution in [0.25, 0.3) is 39.3 Å². The zero-order valence-corrected chi connectivity index (χ0v) is 22.6. The molecule has 2 N–H and O–H groups in total. The molecule has 0 saturated heterocycles. The third-order valence-corrected chi connectivity index (χ3v) is 7.45. The minimum atomic E-state index is 0.807. The van der Waals surface area contributed by atoms with E-state index >= 15 is 0 Å². The number of H-pyrrole nitrogens is 2. The molecule has 37 heavy (non-hydrogen) atoms.